The van der Waals surface area contributed by atoms with Crippen LogP contribution in [-0.2, 0) is 0 Å². The second-order valence-electron chi connectivity index (χ2n) is 5.82. The van der Waals surface area contributed by atoms with E-state index in [1.54, 1.807) is 7.11 Å². The van der Waals surface area contributed by atoms with Crippen LogP contribution in [0.5, 0.6) is 11.5 Å². The van der Waals surface area contributed by atoms with Crippen molar-refractivity contribution < 1.29 is 9.47 Å². The highest BCUT2D eigenvalue weighted by Gasteiger charge is 2.25. The van der Waals surface area contributed by atoms with Crippen molar-refractivity contribution in [2.75, 3.05) is 33.8 Å². The Morgan fingerprint density at radius 3 is 2.85 bits per heavy atom. The van der Waals surface area contributed by atoms with Gasteiger partial charge in [-0.25, -0.2) is 0 Å². The Kier molecular flexibility index (Phi) is 4.13. The summed E-state index contributed by atoms with van der Waals surface area (Å²) in [6, 6.07) is 6.65. The van der Waals surface area contributed by atoms with Gasteiger partial charge in [0, 0.05) is 24.7 Å². The second-order valence-corrected chi connectivity index (χ2v) is 5.82. The standard InChI is InChI=1S/C16H24N2O2/c1-18-10-8-12(11-18)20-15-7-3-5-13(16(15)19-2)14-6-4-9-17-14/h3,5,7,12,14,17H,4,6,8-11H2,1-2H3. The highest BCUT2D eigenvalue weighted by Crippen LogP contribution is 2.38. The molecular formula is C16H24N2O2. The predicted molar refractivity (Wildman–Crippen MR) is 79.5 cm³/mol. The van der Waals surface area contributed by atoms with Gasteiger partial charge in [0.25, 0.3) is 0 Å². The number of likely N-dealkylation sites (N-methyl/N-ethyl adjacent to an activating group) is 1. The molecule has 110 valence electrons. The summed E-state index contributed by atoms with van der Waals surface area (Å²) in [5.74, 6) is 1.79. The number of likely N-dealkylation sites (tertiary alicyclic amines) is 1. The Balaban J connectivity index is 1.81. The van der Waals surface area contributed by atoms with Crippen LogP contribution in [0.2, 0.25) is 0 Å². The highest BCUT2D eigenvalue weighted by molar-refractivity contribution is 5.48. The molecule has 1 aromatic carbocycles. The maximum atomic E-state index is 6.17. The summed E-state index contributed by atoms with van der Waals surface area (Å²) in [6.45, 7) is 3.19. The minimum Gasteiger partial charge on any atom is -0.493 e. The van der Waals surface area contributed by atoms with Gasteiger partial charge in [0.15, 0.2) is 11.5 Å². The van der Waals surface area contributed by atoms with Crippen LogP contribution in [0.15, 0.2) is 18.2 Å². The lowest BCUT2D eigenvalue weighted by Gasteiger charge is -2.20. The van der Waals surface area contributed by atoms with E-state index in [0.717, 1.165) is 37.6 Å². The smallest absolute Gasteiger partial charge is 0.165 e. The summed E-state index contributed by atoms with van der Waals surface area (Å²) in [4.78, 5) is 2.31. The van der Waals surface area contributed by atoms with Crippen molar-refractivity contribution in [3.63, 3.8) is 0 Å². The molecule has 1 aromatic rings. The lowest BCUT2D eigenvalue weighted by atomic mass is 10.0. The van der Waals surface area contributed by atoms with E-state index in [4.69, 9.17) is 9.47 Å². The van der Waals surface area contributed by atoms with Crippen molar-refractivity contribution >= 4 is 0 Å². The summed E-state index contributed by atoms with van der Waals surface area (Å²) in [7, 11) is 3.88. The lowest BCUT2D eigenvalue weighted by Crippen LogP contribution is -2.22. The number of para-hydroxylation sites is 1. The summed E-state index contributed by atoms with van der Waals surface area (Å²) < 4.78 is 11.8. The van der Waals surface area contributed by atoms with E-state index >= 15 is 0 Å². The largest absolute Gasteiger partial charge is 0.493 e. The molecule has 0 radical (unpaired) electrons. The molecule has 0 amide bonds. The highest BCUT2D eigenvalue weighted by atomic mass is 16.5. The number of ether oxygens (including phenoxy) is 2. The first-order chi connectivity index (χ1) is 9.78. The topological polar surface area (TPSA) is 33.7 Å². The maximum absolute atomic E-state index is 6.17. The fraction of sp³-hybridized carbons (Fsp3) is 0.625. The van der Waals surface area contributed by atoms with Gasteiger partial charge >= 0.3 is 0 Å². The number of benzene rings is 1. The van der Waals surface area contributed by atoms with Crippen LogP contribution in [0.25, 0.3) is 0 Å². The van der Waals surface area contributed by atoms with Crippen molar-refractivity contribution in [2.45, 2.75) is 31.4 Å². The molecule has 2 aliphatic rings. The summed E-state index contributed by atoms with van der Waals surface area (Å²) in [6.07, 6.45) is 3.77. The fourth-order valence-corrected chi connectivity index (χ4v) is 3.24. The van der Waals surface area contributed by atoms with Crippen LogP contribution < -0.4 is 14.8 Å². The Labute approximate surface area is 121 Å². The number of nitrogens with zero attached hydrogens (tertiary/aromatic N) is 1. The van der Waals surface area contributed by atoms with Gasteiger partial charge in [-0.05, 0) is 38.9 Å². The molecule has 3 rings (SSSR count). The van der Waals surface area contributed by atoms with Crippen LogP contribution in [-0.4, -0.2) is 44.8 Å². The number of hydrogen-bond donors (Lipinski definition) is 1. The number of methoxy groups -OCH3 is 1. The molecular weight excluding hydrogens is 252 g/mol. The zero-order valence-corrected chi connectivity index (χ0v) is 12.4. The average Bonchev–Trinajstić information content (AvgIpc) is 3.10. The first kappa shape index (κ1) is 13.7. The van der Waals surface area contributed by atoms with Gasteiger partial charge in [0.1, 0.15) is 6.10 Å². The number of hydrogen-bond acceptors (Lipinski definition) is 4. The molecule has 0 bridgehead atoms. The molecule has 0 aromatic heterocycles. The molecule has 4 heteroatoms. The third-order valence-corrected chi connectivity index (χ3v) is 4.29. The van der Waals surface area contributed by atoms with Crippen molar-refractivity contribution in [3.05, 3.63) is 23.8 Å². The minimum atomic E-state index is 0.278. The Morgan fingerprint density at radius 1 is 1.30 bits per heavy atom. The third-order valence-electron chi connectivity index (χ3n) is 4.29. The van der Waals surface area contributed by atoms with Crippen LogP contribution >= 0.6 is 0 Å². The van der Waals surface area contributed by atoms with Crippen molar-refractivity contribution in [1.29, 1.82) is 0 Å². The monoisotopic (exact) mass is 276 g/mol. The normalized spacial score (nSPS) is 26.9. The lowest BCUT2D eigenvalue weighted by molar-refractivity contribution is 0.198. The van der Waals surface area contributed by atoms with E-state index in [2.05, 4.69) is 29.4 Å². The molecule has 2 saturated heterocycles. The third kappa shape index (κ3) is 2.76. The van der Waals surface area contributed by atoms with Gasteiger partial charge in [-0.1, -0.05) is 12.1 Å². The molecule has 20 heavy (non-hydrogen) atoms. The zero-order valence-electron chi connectivity index (χ0n) is 12.4. The predicted octanol–water partition coefficient (Wildman–Crippen LogP) is 2.20. The van der Waals surface area contributed by atoms with Crippen LogP contribution in [0, 0.1) is 0 Å². The maximum Gasteiger partial charge on any atom is 0.165 e. The van der Waals surface area contributed by atoms with Crippen LogP contribution in [0.4, 0.5) is 0 Å². The van der Waals surface area contributed by atoms with Crippen LogP contribution in [0.3, 0.4) is 0 Å². The molecule has 2 atom stereocenters. The van der Waals surface area contributed by atoms with Gasteiger partial charge in [0.05, 0.1) is 7.11 Å². The molecule has 4 nitrogen and oxygen atoms in total. The quantitative estimate of drug-likeness (QED) is 0.914. The van der Waals surface area contributed by atoms with E-state index in [9.17, 15) is 0 Å². The Hall–Kier alpha value is -1.26. The number of rotatable bonds is 4. The second kappa shape index (κ2) is 6.02. The number of nitrogens with one attached hydrogen (secondary N) is 1. The van der Waals surface area contributed by atoms with E-state index < -0.39 is 0 Å². The Bertz CT molecular complexity index is 458. The SMILES string of the molecule is COc1c(OC2CCN(C)C2)cccc1C1CCCN1. The van der Waals surface area contributed by atoms with E-state index in [-0.39, 0.29) is 6.10 Å². The summed E-state index contributed by atoms with van der Waals surface area (Å²) in [5, 5.41) is 3.53. The molecule has 2 heterocycles. The van der Waals surface area contributed by atoms with Gasteiger partial charge in [0.2, 0.25) is 0 Å². The van der Waals surface area contributed by atoms with Gasteiger partial charge < -0.3 is 19.7 Å². The fourth-order valence-electron chi connectivity index (χ4n) is 3.24. The molecule has 1 N–H and O–H groups in total. The van der Waals surface area contributed by atoms with E-state index in [1.165, 1.54) is 18.4 Å². The molecule has 2 aliphatic heterocycles. The summed E-state index contributed by atoms with van der Waals surface area (Å²) >= 11 is 0. The van der Waals surface area contributed by atoms with Crippen LogP contribution in [0.1, 0.15) is 30.9 Å². The zero-order chi connectivity index (χ0) is 13.9. The molecule has 0 spiro atoms. The van der Waals surface area contributed by atoms with Crippen molar-refractivity contribution in [1.82, 2.24) is 10.2 Å². The molecule has 0 aliphatic carbocycles. The first-order valence-corrected chi connectivity index (χ1v) is 7.53. The first-order valence-electron chi connectivity index (χ1n) is 7.53. The Morgan fingerprint density at radius 2 is 2.20 bits per heavy atom. The molecule has 2 fully saturated rings. The van der Waals surface area contributed by atoms with Gasteiger partial charge in [-0.2, -0.15) is 0 Å². The van der Waals surface area contributed by atoms with Crippen molar-refractivity contribution in [2.24, 2.45) is 0 Å². The van der Waals surface area contributed by atoms with E-state index in [0.29, 0.717) is 6.04 Å². The van der Waals surface area contributed by atoms with Crippen molar-refractivity contribution in [3.8, 4) is 11.5 Å². The van der Waals surface area contributed by atoms with E-state index in [1.807, 2.05) is 6.07 Å². The summed E-state index contributed by atoms with van der Waals surface area (Å²) in [5.41, 5.74) is 1.23. The minimum absolute atomic E-state index is 0.278. The van der Waals surface area contributed by atoms with Gasteiger partial charge in [-0.3, -0.25) is 0 Å². The van der Waals surface area contributed by atoms with Gasteiger partial charge in [-0.15, -0.1) is 0 Å². The average molecular weight is 276 g/mol. The molecule has 0 saturated carbocycles. The molecule has 2 unspecified atom stereocenters.